The van der Waals surface area contributed by atoms with Gasteiger partial charge in [-0.05, 0) is 50.3 Å². The van der Waals surface area contributed by atoms with Crippen molar-refractivity contribution in [2.24, 2.45) is 5.92 Å². The van der Waals surface area contributed by atoms with Crippen LogP contribution in [-0.4, -0.2) is 4.98 Å². The molecule has 1 aromatic carbocycles. The molecule has 106 valence electrons. The van der Waals surface area contributed by atoms with Gasteiger partial charge in [0.05, 0.1) is 12.2 Å². The van der Waals surface area contributed by atoms with Gasteiger partial charge < -0.3 is 9.73 Å². The van der Waals surface area contributed by atoms with Crippen molar-refractivity contribution in [1.29, 1.82) is 0 Å². The third-order valence-corrected chi connectivity index (χ3v) is 3.87. The molecule has 1 aromatic heterocycles. The van der Waals surface area contributed by atoms with Gasteiger partial charge >= 0.3 is 0 Å². The Morgan fingerprint density at radius 3 is 2.55 bits per heavy atom. The van der Waals surface area contributed by atoms with Gasteiger partial charge in [0, 0.05) is 6.04 Å². The number of rotatable bonds is 5. The lowest BCUT2D eigenvalue weighted by Gasteiger charge is -2.17. The monoisotopic (exact) mass is 274 g/mol. The van der Waals surface area contributed by atoms with Crippen LogP contribution in [0.1, 0.15) is 41.8 Å². The van der Waals surface area contributed by atoms with E-state index < -0.39 is 0 Å². The number of hydrogen-bond acceptors (Lipinski definition) is 3. The first-order valence-corrected chi connectivity index (χ1v) is 7.05. The molecule has 0 saturated heterocycles. The van der Waals surface area contributed by atoms with Gasteiger partial charge in [0.25, 0.3) is 0 Å². The normalized spacial score (nSPS) is 16.4. The molecule has 0 bridgehead atoms. The lowest BCUT2D eigenvalue weighted by molar-refractivity contribution is 0.406. The highest BCUT2D eigenvalue weighted by Crippen LogP contribution is 2.41. The summed E-state index contributed by atoms with van der Waals surface area (Å²) in [4.78, 5) is 4.38. The molecule has 0 spiro atoms. The second-order valence-electron chi connectivity index (χ2n) is 5.50. The fraction of sp³-hybridized carbons (Fsp3) is 0.438. The zero-order valence-corrected chi connectivity index (χ0v) is 11.8. The van der Waals surface area contributed by atoms with Crippen LogP contribution < -0.4 is 5.32 Å². The summed E-state index contributed by atoms with van der Waals surface area (Å²) >= 11 is 0. The Morgan fingerprint density at radius 1 is 1.30 bits per heavy atom. The predicted octanol–water partition coefficient (Wildman–Crippen LogP) is 3.67. The number of benzene rings is 1. The zero-order valence-electron chi connectivity index (χ0n) is 11.8. The molecule has 1 N–H and O–H groups in total. The second-order valence-corrected chi connectivity index (χ2v) is 5.50. The van der Waals surface area contributed by atoms with Crippen LogP contribution in [0.15, 0.2) is 28.7 Å². The molecule has 1 unspecified atom stereocenters. The van der Waals surface area contributed by atoms with E-state index in [2.05, 4.69) is 10.3 Å². The zero-order chi connectivity index (χ0) is 14.1. The van der Waals surface area contributed by atoms with Gasteiger partial charge in [-0.1, -0.05) is 12.1 Å². The summed E-state index contributed by atoms with van der Waals surface area (Å²) in [7, 11) is 0. The summed E-state index contributed by atoms with van der Waals surface area (Å²) in [6.45, 7) is 4.47. The second kappa shape index (κ2) is 5.37. The maximum Gasteiger partial charge on any atom is 0.208 e. The Kier molecular flexibility index (Phi) is 3.57. The SMILES string of the molecule is Cc1nc(CNC(c2ccc(F)cc2)C2CC2)oc1C. The average molecular weight is 274 g/mol. The summed E-state index contributed by atoms with van der Waals surface area (Å²) in [6.07, 6.45) is 2.44. The highest BCUT2D eigenvalue weighted by molar-refractivity contribution is 5.22. The Morgan fingerprint density at radius 2 is 2.00 bits per heavy atom. The molecule has 1 fully saturated rings. The lowest BCUT2D eigenvalue weighted by Crippen LogP contribution is -2.22. The first-order valence-electron chi connectivity index (χ1n) is 7.05. The maximum absolute atomic E-state index is 13.0. The van der Waals surface area contributed by atoms with Gasteiger partial charge in [-0.3, -0.25) is 0 Å². The highest BCUT2D eigenvalue weighted by atomic mass is 19.1. The van der Waals surface area contributed by atoms with Crippen molar-refractivity contribution in [3.63, 3.8) is 0 Å². The first-order chi connectivity index (χ1) is 9.63. The van der Waals surface area contributed by atoms with Crippen molar-refractivity contribution in [2.75, 3.05) is 0 Å². The number of oxazole rings is 1. The molecule has 1 aliphatic carbocycles. The number of hydrogen-bond donors (Lipinski definition) is 1. The van der Waals surface area contributed by atoms with Crippen LogP contribution in [0.2, 0.25) is 0 Å². The van der Waals surface area contributed by atoms with Crippen LogP contribution in [0.4, 0.5) is 4.39 Å². The van der Waals surface area contributed by atoms with Crippen molar-refractivity contribution in [3.8, 4) is 0 Å². The Bertz CT molecular complexity index is 568. The number of aryl methyl sites for hydroxylation is 2. The molecule has 0 amide bonds. The van der Waals surface area contributed by atoms with Crippen molar-refractivity contribution in [3.05, 3.63) is 53.0 Å². The number of nitrogens with zero attached hydrogens (tertiary/aromatic N) is 1. The van der Waals surface area contributed by atoms with Crippen LogP contribution >= 0.6 is 0 Å². The van der Waals surface area contributed by atoms with Crippen LogP contribution in [0.3, 0.4) is 0 Å². The minimum Gasteiger partial charge on any atom is -0.444 e. The molecular formula is C16H19FN2O. The summed E-state index contributed by atoms with van der Waals surface area (Å²) in [5.41, 5.74) is 2.07. The molecular weight excluding hydrogens is 255 g/mol. The standard InChI is InChI=1S/C16H19FN2O/c1-10-11(2)20-15(19-10)9-18-16(12-3-4-12)13-5-7-14(17)8-6-13/h5-8,12,16,18H,3-4,9H2,1-2H3. The highest BCUT2D eigenvalue weighted by Gasteiger charge is 2.32. The molecule has 1 heterocycles. The molecule has 1 saturated carbocycles. The van der Waals surface area contributed by atoms with E-state index in [9.17, 15) is 4.39 Å². The van der Waals surface area contributed by atoms with E-state index in [0.717, 1.165) is 17.0 Å². The van der Waals surface area contributed by atoms with E-state index in [1.165, 1.54) is 25.0 Å². The summed E-state index contributed by atoms with van der Waals surface area (Å²) < 4.78 is 18.6. The minimum absolute atomic E-state index is 0.192. The van der Waals surface area contributed by atoms with Gasteiger partial charge in [-0.15, -0.1) is 0 Å². The number of halogens is 1. The molecule has 3 nitrogen and oxygen atoms in total. The van der Waals surface area contributed by atoms with Gasteiger partial charge in [-0.25, -0.2) is 9.37 Å². The average Bonchev–Trinajstić information content (AvgIpc) is 3.20. The first kappa shape index (κ1) is 13.3. The minimum atomic E-state index is -0.192. The third-order valence-electron chi connectivity index (χ3n) is 3.87. The van der Waals surface area contributed by atoms with Gasteiger partial charge in [-0.2, -0.15) is 0 Å². The van der Waals surface area contributed by atoms with Crippen molar-refractivity contribution < 1.29 is 8.81 Å². The van der Waals surface area contributed by atoms with E-state index in [4.69, 9.17) is 4.42 Å². The molecule has 0 radical (unpaired) electrons. The van der Waals surface area contributed by atoms with Crippen LogP contribution in [0.25, 0.3) is 0 Å². The maximum atomic E-state index is 13.0. The van der Waals surface area contributed by atoms with E-state index in [1.807, 2.05) is 26.0 Å². The lowest BCUT2D eigenvalue weighted by atomic mass is 10.0. The molecule has 4 heteroatoms. The van der Waals surface area contributed by atoms with Crippen molar-refractivity contribution in [2.45, 2.75) is 39.3 Å². The van der Waals surface area contributed by atoms with Gasteiger partial charge in [0.2, 0.25) is 5.89 Å². The van der Waals surface area contributed by atoms with E-state index >= 15 is 0 Å². The van der Waals surface area contributed by atoms with Gasteiger partial charge in [0.1, 0.15) is 11.6 Å². The van der Waals surface area contributed by atoms with Crippen molar-refractivity contribution in [1.82, 2.24) is 10.3 Å². The van der Waals surface area contributed by atoms with E-state index in [1.54, 1.807) is 0 Å². The molecule has 0 aliphatic heterocycles. The summed E-state index contributed by atoms with van der Waals surface area (Å²) in [6, 6.07) is 7.01. The Hall–Kier alpha value is -1.68. The fourth-order valence-corrected chi connectivity index (χ4v) is 2.47. The molecule has 2 aromatic rings. The van der Waals surface area contributed by atoms with Crippen LogP contribution in [0, 0.1) is 25.6 Å². The fourth-order valence-electron chi connectivity index (χ4n) is 2.47. The Labute approximate surface area is 118 Å². The smallest absolute Gasteiger partial charge is 0.208 e. The third kappa shape index (κ3) is 2.90. The number of aromatic nitrogens is 1. The Balaban J connectivity index is 1.70. The van der Waals surface area contributed by atoms with Crippen LogP contribution in [0.5, 0.6) is 0 Å². The molecule has 1 atom stereocenters. The van der Waals surface area contributed by atoms with E-state index in [-0.39, 0.29) is 11.9 Å². The number of nitrogens with one attached hydrogen (secondary N) is 1. The summed E-state index contributed by atoms with van der Waals surface area (Å²) in [5.74, 6) is 2.03. The largest absolute Gasteiger partial charge is 0.444 e. The van der Waals surface area contributed by atoms with E-state index in [0.29, 0.717) is 18.4 Å². The quantitative estimate of drug-likeness (QED) is 0.904. The molecule has 3 rings (SSSR count). The summed E-state index contributed by atoms with van der Waals surface area (Å²) in [5, 5.41) is 3.50. The van der Waals surface area contributed by atoms with Gasteiger partial charge in [0.15, 0.2) is 0 Å². The molecule has 20 heavy (non-hydrogen) atoms. The topological polar surface area (TPSA) is 38.1 Å². The van der Waals surface area contributed by atoms with Crippen LogP contribution in [-0.2, 0) is 6.54 Å². The molecule has 1 aliphatic rings. The predicted molar refractivity (Wildman–Crippen MR) is 74.7 cm³/mol. The van der Waals surface area contributed by atoms with Crippen molar-refractivity contribution >= 4 is 0 Å².